The number of carbonyl (C=O) groups is 3. The van der Waals surface area contributed by atoms with Crippen LogP contribution in [0.15, 0.2) is 0 Å². The third-order valence-corrected chi connectivity index (χ3v) is 3.55. The van der Waals surface area contributed by atoms with Gasteiger partial charge in [0.2, 0.25) is 5.13 Å². The largest absolute Gasteiger partial charge is 0.461 e. The molecule has 0 saturated carbocycles. The molecule has 0 N–H and O–H groups in total. The van der Waals surface area contributed by atoms with Crippen LogP contribution in [0.2, 0.25) is 0 Å². The van der Waals surface area contributed by atoms with Crippen LogP contribution in [-0.2, 0) is 14.2 Å². The van der Waals surface area contributed by atoms with Crippen molar-refractivity contribution in [3.05, 3.63) is 10.6 Å². The zero-order chi connectivity index (χ0) is 20.3. The number of imide groups is 1. The van der Waals surface area contributed by atoms with Crippen LogP contribution < -0.4 is 4.90 Å². The van der Waals surface area contributed by atoms with E-state index < -0.39 is 29.4 Å². The summed E-state index contributed by atoms with van der Waals surface area (Å²) < 4.78 is 15.5. The van der Waals surface area contributed by atoms with E-state index in [2.05, 4.69) is 4.98 Å². The van der Waals surface area contributed by atoms with Gasteiger partial charge in [0.1, 0.15) is 11.2 Å². The van der Waals surface area contributed by atoms with E-state index in [0.717, 1.165) is 11.3 Å². The first-order valence-electron chi connectivity index (χ1n) is 8.16. The molecule has 0 spiro atoms. The van der Waals surface area contributed by atoms with Gasteiger partial charge in [-0.2, -0.15) is 4.90 Å². The number of thiazole rings is 1. The maximum absolute atomic E-state index is 12.6. The quantitative estimate of drug-likeness (QED) is 0.564. The summed E-state index contributed by atoms with van der Waals surface area (Å²) in [5.74, 6) is -0.624. The number of carbonyl (C=O) groups excluding carboxylic acids is 3. The number of rotatable bonds is 3. The molecule has 8 nitrogen and oxygen atoms in total. The molecule has 0 saturated heterocycles. The molecule has 0 aliphatic heterocycles. The van der Waals surface area contributed by atoms with Crippen LogP contribution in [0, 0.1) is 6.92 Å². The molecular formula is C17H26N2O6S. The highest BCUT2D eigenvalue weighted by Crippen LogP contribution is 2.29. The molecule has 0 aliphatic carbocycles. The van der Waals surface area contributed by atoms with Gasteiger partial charge in [0.15, 0.2) is 5.69 Å². The average Bonchev–Trinajstić information content (AvgIpc) is 2.76. The average molecular weight is 386 g/mol. The maximum atomic E-state index is 12.6. The van der Waals surface area contributed by atoms with Gasteiger partial charge >= 0.3 is 18.2 Å². The number of anilines is 1. The Morgan fingerprint density at radius 1 is 1.00 bits per heavy atom. The third kappa shape index (κ3) is 6.29. The van der Waals surface area contributed by atoms with E-state index in [9.17, 15) is 14.4 Å². The lowest BCUT2D eigenvalue weighted by Gasteiger charge is -2.27. The number of amides is 2. The van der Waals surface area contributed by atoms with Gasteiger partial charge in [-0.15, -0.1) is 11.3 Å². The Morgan fingerprint density at radius 3 is 1.85 bits per heavy atom. The summed E-state index contributed by atoms with van der Waals surface area (Å²) >= 11 is 0.998. The van der Waals surface area contributed by atoms with Crippen molar-refractivity contribution in [3.63, 3.8) is 0 Å². The molecule has 0 aliphatic rings. The normalized spacial score (nSPS) is 11.7. The number of hydrogen-bond donors (Lipinski definition) is 0. The summed E-state index contributed by atoms with van der Waals surface area (Å²) in [6, 6.07) is 0. The van der Waals surface area contributed by atoms with Crippen LogP contribution in [0.25, 0.3) is 0 Å². The van der Waals surface area contributed by atoms with Crippen molar-refractivity contribution in [2.45, 2.75) is 66.6 Å². The van der Waals surface area contributed by atoms with Crippen LogP contribution >= 0.6 is 11.3 Å². The highest BCUT2D eigenvalue weighted by atomic mass is 32.1. The summed E-state index contributed by atoms with van der Waals surface area (Å²) in [6.07, 6.45) is -1.87. The molecule has 1 aromatic rings. The van der Waals surface area contributed by atoms with Crippen molar-refractivity contribution in [1.82, 2.24) is 4.98 Å². The molecule has 1 rings (SSSR count). The smallest absolute Gasteiger partial charge is 0.426 e. The Bertz CT molecular complexity index is 656. The fourth-order valence-electron chi connectivity index (χ4n) is 1.71. The zero-order valence-corrected chi connectivity index (χ0v) is 17.3. The monoisotopic (exact) mass is 386 g/mol. The van der Waals surface area contributed by atoms with E-state index in [1.807, 2.05) is 0 Å². The van der Waals surface area contributed by atoms with Gasteiger partial charge in [0.05, 0.1) is 6.61 Å². The lowest BCUT2D eigenvalue weighted by molar-refractivity contribution is 0.0425. The molecule has 146 valence electrons. The Kier molecular flexibility index (Phi) is 6.76. The van der Waals surface area contributed by atoms with E-state index in [1.54, 1.807) is 55.4 Å². The van der Waals surface area contributed by atoms with E-state index in [-0.39, 0.29) is 17.4 Å². The predicted molar refractivity (Wildman–Crippen MR) is 97.8 cm³/mol. The first-order chi connectivity index (χ1) is 11.7. The standard InChI is InChI=1S/C17H26N2O6S/c1-9-23-12(20)11-10(2)26-13(18-11)19(14(21)24-16(3,4)5)15(22)25-17(6,7)8/h9H2,1-8H3. The van der Waals surface area contributed by atoms with E-state index >= 15 is 0 Å². The van der Waals surface area contributed by atoms with Gasteiger partial charge in [-0.25, -0.2) is 19.4 Å². The predicted octanol–water partition coefficient (Wildman–Crippen LogP) is 4.30. The lowest BCUT2D eigenvalue weighted by atomic mass is 10.2. The van der Waals surface area contributed by atoms with Crippen LogP contribution in [0.5, 0.6) is 0 Å². The molecule has 2 amide bonds. The molecule has 26 heavy (non-hydrogen) atoms. The van der Waals surface area contributed by atoms with Gasteiger partial charge in [0, 0.05) is 4.88 Å². The molecule has 0 atom stereocenters. The second kappa shape index (κ2) is 8.03. The minimum absolute atomic E-state index is 0.0194. The summed E-state index contributed by atoms with van der Waals surface area (Å²) in [5, 5.41) is -0.0194. The SMILES string of the molecule is CCOC(=O)c1nc(N(C(=O)OC(C)(C)C)C(=O)OC(C)(C)C)sc1C. The summed E-state index contributed by atoms with van der Waals surface area (Å²) in [6.45, 7) is 13.6. The summed E-state index contributed by atoms with van der Waals surface area (Å²) in [5.41, 5.74) is -1.61. The molecule has 9 heteroatoms. The van der Waals surface area contributed by atoms with Crippen molar-refractivity contribution >= 4 is 34.6 Å². The van der Waals surface area contributed by atoms with Crippen molar-refractivity contribution < 1.29 is 28.6 Å². The third-order valence-electron chi connectivity index (χ3n) is 2.60. The molecule has 0 bridgehead atoms. The second-order valence-electron chi connectivity index (χ2n) is 7.42. The highest BCUT2D eigenvalue weighted by Gasteiger charge is 2.35. The van der Waals surface area contributed by atoms with Gasteiger partial charge in [0.25, 0.3) is 0 Å². The van der Waals surface area contributed by atoms with E-state index in [1.165, 1.54) is 0 Å². The molecule has 0 radical (unpaired) electrons. The minimum Gasteiger partial charge on any atom is -0.461 e. The number of nitrogens with zero attached hydrogens (tertiary/aromatic N) is 2. The van der Waals surface area contributed by atoms with Crippen LogP contribution in [0.4, 0.5) is 14.7 Å². The molecule has 0 aromatic carbocycles. The second-order valence-corrected chi connectivity index (χ2v) is 8.60. The van der Waals surface area contributed by atoms with E-state index in [0.29, 0.717) is 9.78 Å². The lowest BCUT2D eigenvalue weighted by Crippen LogP contribution is -2.43. The summed E-state index contributed by atoms with van der Waals surface area (Å²) in [4.78, 5) is 42.4. The molecule has 0 fully saturated rings. The molecule has 1 aromatic heterocycles. The van der Waals surface area contributed by atoms with Gasteiger partial charge in [-0.05, 0) is 55.4 Å². The Morgan fingerprint density at radius 2 is 1.46 bits per heavy atom. The van der Waals surface area contributed by atoms with Crippen LogP contribution in [-0.4, -0.2) is 40.9 Å². The fraction of sp³-hybridized carbons (Fsp3) is 0.647. The van der Waals surface area contributed by atoms with Crippen LogP contribution in [0.3, 0.4) is 0 Å². The topological polar surface area (TPSA) is 95.0 Å². The van der Waals surface area contributed by atoms with Crippen molar-refractivity contribution in [1.29, 1.82) is 0 Å². The minimum atomic E-state index is -0.934. The van der Waals surface area contributed by atoms with Crippen molar-refractivity contribution in [2.24, 2.45) is 0 Å². The van der Waals surface area contributed by atoms with Gasteiger partial charge < -0.3 is 14.2 Å². The van der Waals surface area contributed by atoms with Gasteiger partial charge in [-0.1, -0.05) is 0 Å². The molecule has 0 unspecified atom stereocenters. The van der Waals surface area contributed by atoms with Crippen LogP contribution in [0.1, 0.15) is 63.8 Å². The molecular weight excluding hydrogens is 360 g/mol. The van der Waals surface area contributed by atoms with Crippen molar-refractivity contribution in [3.8, 4) is 0 Å². The number of aryl methyl sites for hydroxylation is 1. The molecule has 1 heterocycles. The Balaban J connectivity index is 3.28. The Labute approximate surface area is 157 Å². The first kappa shape index (κ1) is 21.9. The maximum Gasteiger partial charge on any atom is 0.426 e. The highest BCUT2D eigenvalue weighted by molar-refractivity contribution is 7.16. The van der Waals surface area contributed by atoms with E-state index in [4.69, 9.17) is 14.2 Å². The summed E-state index contributed by atoms with van der Waals surface area (Å²) in [7, 11) is 0. The fourth-order valence-corrected chi connectivity index (χ4v) is 2.59. The number of ether oxygens (including phenoxy) is 3. The number of aromatic nitrogens is 1. The first-order valence-corrected chi connectivity index (χ1v) is 8.97. The van der Waals surface area contributed by atoms with Crippen molar-refractivity contribution in [2.75, 3.05) is 11.5 Å². The Hall–Kier alpha value is -2.16. The number of esters is 1. The van der Waals surface area contributed by atoms with Gasteiger partial charge in [-0.3, -0.25) is 0 Å². The zero-order valence-electron chi connectivity index (χ0n) is 16.5. The number of hydrogen-bond acceptors (Lipinski definition) is 8.